The molecule has 1 aliphatic carbocycles. The Balaban J connectivity index is 1.43. The molecule has 1 saturated heterocycles. The monoisotopic (exact) mass is 362 g/mol. The molecule has 142 valence electrons. The zero-order valence-electron chi connectivity index (χ0n) is 15.8. The van der Waals surface area contributed by atoms with Crippen LogP contribution in [0.5, 0.6) is 0 Å². The Labute approximate surface area is 153 Å². The van der Waals surface area contributed by atoms with Crippen LogP contribution in [0.2, 0.25) is 0 Å². The van der Waals surface area contributed by atoms with Crippen LogP contribution in [-0.2, 0) is 18.9 Å². The van der Waals surface area contributed by atoms with Crippen LogP contribution in [0.25, 0.3) is 0 Å². The quantitative estimate of drug-likeness (QED) is 0.557. The van der Waals surface area contributed by atoms with E-state index < -0.39 is 6.41 Å². The smallest absolute Gasteiger partial charge is 0.245 e. The van der Waals surface area contributed by atoms with Crippen molar-refractivity contribution in [2.24, 2.45) is 10.8 Å². The number of methoxy groups -OCH3 is 1. The van der Waals surface area contributed by atoms with Gasteiger partial charge in [-0.25, -0.2) is 9.97 Å². The summed E-state index contributed by atoms with van der Waals surface area (Å²) >= 11 is 0. The number of hydrogen-bond donors (Lipinski definition) is 0. The first-order chi connectivity index (χ1) is 12.4. The molecule has 26 heavy (non-hydrogen) atoms. The molecule has 0 spiro atoms. The SMILES string of the molecule is COC(OC1C(C)(C)C(OC2OC2n2ccnc2)C1(C)C)n1ccnc1. The number of rotatable bonds is 7. The van der Waals surface area contributed by atoms with E-state index in [2.05, 4.69) is 37.7 Å². The molecule has 2 aliphatic rings. The first-order valence-corrected chi connectivity index (χ1v) is 8.79. The highest BCUT2D eigenvalue weighted by atomic mass is 16.8. The Morgan fingerprint density at radius 1 is 1.00 bits per heavy atom. The van der Waals surface area contributed by atoms with Crippen LogP contribution in [0, 0.1) is 10.8 Å². The van der Waals surface area contributed by atoms with Gasteiger partial charge in [0, 0.05) is 42.7 Å². The van der Waals surface area contributed by atoms with Gasteiger partial charge in [0.15, 0.2) is 6.23 Å². The van der Waals surface area contributed by atoms with Crippen LogP contribution in [0.3, 0.4) is 0 Å². The Bertz CT molecular complexity index is 712. The zero-order chi connectivity index (χ0) is 18.5. The van der Waals surface area contributed by atoms with E-state index >= 15 is 0 Å². The topological polar surface area (TPSA) is 75.9 Å². The maximum Gasteiger partial charge on any atom is 0.245 e. The van der Waals surface area contributed by atoms with Crippen molar-refractivity contribution in [3.63, 3.8) is 0 Å². The van der Waals surface area contributed by atoms with Crippen molar-refractivity contribution in [2.75, 3.05) is 7.11 Å². The lowest BCUT2D eigenvalue weighted by atomic mass is 9.51. The van der Waals surface area contributed by atoms with E-state index in [0.717, 1.165) is 0 Å². The maximum absolute atomic E-state index is 6.31. The second kappa shape index (κ2) is 6.16. The van der Waals surface area contributed by atoms with E-state index in [4.69, 9.17) is 18.9 Å². The van der Waals surface area contributed by atoms with Gasteiger partial charge in [0.1, 0.15) is 0 Å². The van der Waals surface area contributed by atoms with Crippen molar-refractivity contribution in [3.8, 4) is 0 Å². The fourth-order valence-electron chi connectivity index (χ4n) is 4.51. The van der Waals surface area contributed by atoms with Crippen molar-refractivity contribution in [1.29, 1.82) is 0 Å². The number of ether oxygens (including phenoxy) is 4. The molecule has 0 N–H and O–H groups in total. The lowest BCUT2D eigenvalue weighted by Gasteiger charge is -2.62. The van der Waals surface area contributed by atoms with Gasteiger partial charge < -0.3 is 23.5 Å². The normalized spacial score (nSPS) is 32.8. The molecule has 2 fully saturated rings. The summed E-state index contributed by atoms with van der Waals surface area (Å²) < 4.78 is 27.5. The van der Waals surface area contributed by atoms with Crippen LogP contribution < -0.4 is 0 Å². The average molecular weight is 362 g/mol. The largest absolute Gasteiger partial charge is 0.344 e. The maximum atomic E-state index is 6.31. The van der Waals surface area contributed by atoms with E-state index in [1.807, 2.05) is 17.0 Å². The molecule has 0 radical (unpaired) electrons. The summed E-state index contributed by atoms with van der Waals surface area (Å²) in [5.41, 5.74) is -0.376. The van der Waals surface area contributed by atoms with Crippen LogP contribution >= 0.6 is 0 Å². The molecule has 4 rings (SSSR count). The Morgan fingerprint density at radius 2 is 1.69 bits per heavy atom. The van der Waals surface area contributed by atoms with Gasteiger partial charge in [0.25, 0.3) is 0 Å². The second-order valence-corrected chi connectivity index (χ2v) is 8.13. The molecule has 0 aromatic carbocycles. The highest BCUT2D eigenvalue weighted by Gasteiger charge is 2.66. The number of hydrogen-bond acceptors (Lipinski definition) is 6. The number of epoxide rings is 1. The van der Waals surface area contributed by atoms with Crippen LogP contribution in [0.1, 0.15) is 40.3 Å². The molecule has 3 unspecified atom stereocenters. The van der Waals surface area contributed by atoms with Gasteiger partial charge in [0.2, 0.25) is 12.7 Å². The molecule has 1 saturated carbocycles. The van der Waals surface area contributed by atoms with Gasteiger partial charge in [-0.05, 0) is 0 Å². The Hall–Kier alpha value is -1.74. The minimum atomic E-state index is -0.516. The molecule has 1 aliphatic heterocycles. The second-order valence-electron chi connectivity index (χ2n) is 8.13. The molecular weight excluding hydrogens is 336 g/mol. The van der Waals surface area contributed by atoms with Crippen molar-refractivity contribution < 1.29 is 18.9 Å². The standard InChI is InChI=1S/C18H26N4O4/c1-17(2)14(25-13-12(24-13)21-8-6-19-10-21)18(3,4)15(17)26-16(23-5)22-9-7-20-11-22/h6-16H,1-5H3. The van der Waals surface area contributed by atoms with E-state index in [1.165, 1.54) is 0 Å². The lowest BCUT2D eigenvalue weighted by Crippen LogP contribution is -2.69. The first-order valence-electron chi connectivity index (χ1n) is 8.79. The zero-order valence-corrected chi connectivity index (χ0v) is 15.8. The van der Waals surface area contributed by atoms with Crippen molar-refractivity contribution >= 4 is 0 Å². The molecular formula is C18H26N4O4. The molecule has 8 heteroatoms. The molecule has 0 amide bonds. The number of nitrogens with zero attached hydrogens (tertiary/aromatic N) is 4. The van der Waals surface area contributed by atoms with E-state index in [0.29, 0.717) is 0 Å². The number of imidazole rings is 2. The summed E-state index contributed by atoms with van der Waals surface area (Å²) in [4.78, 5) is 8.12. The van der Waals surface area contributed by atoms with Crippen LogP contribution in [0.15, 0.2) is 37.4 Å². The van der Waals surface area contributed by atoms with Crippen LogP contribution in [0.4, 0.5) is 0 Å². The fourth-order valence-corrected chi connectivity index (χ4v) is 4.51. The summed E-state index contributed by atoms with van der Waals surface area (Å²) in [6, 6.07) is 0. The first kappa shape index (κ1) is 17.7. The molecule has 2 aromatic rings. The van der Waals surface area contributed by atoms with Gasteiger partial charge in [-0.1, -0.05) is 27.7 Å². The molecule has 8 nitrogen and oxygen atoms in total. The summed E-state index contributed by atoms with van der Waals surface area (Å²) in [6.45, 7) is 8.62. The lowest BCUT2D eigenvalue weighted by molar-refractivity contribution is -0.342. The summed E-state index contributed by atoms with van der Waals surface area (Å²) in [5.74, 6) is 0. The Kier molecular flexibility index (Phi) is 4.18. The van der Waals surface area contributed by atoms with Crippen LogP contribution in [-0.4, -0.2) is 44.7 Å². The molecule has 3 heterocycles. The minimum absolute atomic E-state index is 0.00110. The molecule has 2 aromatic heterocycles. The summed E-state index contributed by atoms with van der Waals surface area (Å²) in [6.07, 6.45) is 9.68. The average Bonchev–Trinajstić information content (AvgIpc) is 3.01. The highest BCUT2D eigenvalue weighted by Crippen LogP contribution is 2.59. The molecule has 0 bridgehead atoms. The van der Waals surface area contributed by atoms with Gasteiger partial charge >= 0.3 is 0 Å². The summed E-state index contributed by atoms with van der Waals surface area (Å²) in [5, 5.41) is 0. The predicted molar refractivity (Wildman–Crippen MR) is 91.7 cm³/mol. The van der Waals surface area contributed by atoms with Gasteiger partial charge in [0.05, 0.1) is 24.9 Å². The third kappa shape index (κ3) is 2.77. The minimum Gasteiger partial charge on any atom is -0.344 e. The molecule has 3 atom stereocenters. The van der Waals surface area contributed by atoms with Crippen molar-refractivity contribution in [1.82, 2.24) is 19.1 Å². The van der Waals surface area contributed by atoms with Crippen molar-refractivity contribution in [2.45, 2.75) is 58.8 Å². The third-order valence-electron chi connectivity index (χ3n) is 5.44. The third-order valence-corrected chi connectivity index (χ3v) is 5.44. The Morgan fingerprint density at radius 3 is 2.27 bits per heavy atom. The summed E-state index contributed by atoms with van der Waals surface area (Å²) in [7, 11) is 1.63. The van der Waals surface area contributed by atoms with Gasteiger partial charge in [-0.2, -0.15) is 0 Å². The van der Waals surface area contributed by atoms with Gasteiger partial charge in [-0.3, -0.25) is 4.57 Å². The van der Waals surface area contributed by atoms with E-state index in [-0.39, 0.29) is 35.6 Å². The number of aromatic nitrogens is 4. The highest BCUT2D eigenvalue weighted by molar-refractivity contribution is 5.12. The van der Waals surface area contributed by atoms with E-state index in [9.17, 15) is 0 Å². The fraction of sp³-hybridized carbons (Fsp3) is 0.667. The van der Waals surface area contributed by atoms with Crippen molar-refractivity contribution in [3.05, 3.63) is 37.4 Å². The van der Waals surface area contributed by atoms with E-state index in [1.54, 1.807) is 36.7 Å². The van der Waals surface area contributed by atoms with Gasteiger partial charge in [-0.15, -0.1) is 0 Å². The predicted octanol–water partition coefficient (Wildman–Crippen LogP) is 2.57.